The number of nitrogens with one attached hydrogen (secondary N) is 1. The molecule has 0 saturated carbocycles. The zero-order valence-corrected chi connectivity index (χ0v) is 14.5. The molecule has 0 atom stereocenters. The van der Waals surface area contributed by atoms with Crippen LogP contribution in [0, 0.1) is 0 Å². The van der Waals surface area contributed by atoms with Gasteiger partial charge in [-0.05, 0) is 44.0 Å². The second kappa shape index (κ2) is 6.92. The SMILES string of the molecule is CNC(=O)CCOc1c(Br)cc(S(=O)(=O)Cl)cc1Br. The molecular formula is C10H10Br2ClNO4S. The van der Waals surface area contributed by atoms with Gasteiger partial charge in [0.05, 0.1) is 26.9 Å². The number of hydrogen-bond acceptors (Lipinski definition) is 4. The Bertz CT molecular complexity index is 568. The number of benzene rings is 1. The average molecular weight is 436 g/mol. The lowest BCUT2D eigenvalue weighted by Crippen LogP contribution is -2.20. The molecule has 1 aromatic rings. The van der Waals surface area contributed by atoms with Gasteiger partial charge in [0.1, 0.15) is 5.75 Å². The summed E-state index contributed by atoms with van der Waals surface area (Å²) in [6, 6.07) is 2.67. The van der Waals surface area contributed by atoms with E-state index in [1.807, 2.05) is 0 Å². The van der Waals surface area contributed by atoms with Gasteiger partial charge >= 0.3 is 0 Å². The second-order valence-electron chi connectivity index (χ2n) is 3.43. The zero-order chi connectivity index (χ0) is 14.6. The van der Waals surface area contributed by atoms with Gasteiger partial charge < -0.3 is 10.1 Å². The molecule has 0 spiro atoms. The third-order valence-corrected chi connectivity index (χ3v) is 4.62. The molecule has 1 rings (SSSR count). The number of carbonyl (C=O) groups is 1. The largest absolute Gasteiger partial charge is 0.491 e. The van der Waals surface area contributed by atoms with Crippen molar-refractivity contribution in [2.75, 3.05) is 13.7 Å². The Morgan fingerprint density at radius 2 is 1.89 bits per heavy atom. The summed E-state index contributed by atoms with van der Waals surface area (Å²) in [6.45, 7) is 0.170. The summed E-state index contributed by atoms with van der Waals surface area (Å²) in [5.74, 6) is 0.264. The van der Waals surface area contributed by atoms with Crippen molar-refractivity contribution in [3.05, 3.63) is 21.1 Å². The van der Waals surface area contributed by atoms with Crippen LogP contribution in [0.3, 0.4) is 0 Å². The van der Waals surface area contributed by atoms with Crippen LogP contribution in [0.1, 0.15) is 6.42 Å². The number of hydrogen-bond donors (Lipinski definition) is 1. The number of halogens is 3. The van der Waals surface area contributed by atoms with Crippen LogP contribution in [-0.4, -0.2) is 28.0 Å². The summed E-state index contributed by atoms with van der Waals surface area (Å²) < 4.78 is 28.7. The summed E-state index contributed by atoms with van der Waals surface area (Å²) >= 11 is 6.39. The van der Waals surface area contributed by atoms with Gasteiger partial charge in [-0.25, -0.2) is 8.42 Å². The molecule has 0 aliphatic heterocycles. The minimum atomic E-state index is -3.81. The van der Waals surface area contributed by atoms with E-state index in [1.165, 1.54) is 19.2 Å². The lowest BCUT2D eigenvalue weighted by molar-refractivity contribution is -0.121. The van der Waals surface area contributed by atoms with E-state index in [0.717, 1.165) is 0 Å². The van der Waals surface area contributed by atoms with Crippen molar-refractivity contribution in [2.45, 2.75) is 11.3 Å². The van der Waals surface area contributed by atoms with Crippen LogP contribution in [0.2, 0.25) is 0 Å². The fourth-order valence-corrected chi connectivity index (χ4v) is 3.69. The molecule has 1 aromatic carbocycles. The van der Waals surface area contributed by atoms with E-state index in [1.54, 1.807) is 0 Å². The Hall–Kier alpha value is -0.310. The van der Waals surface area contributed by atoms with E-state index < -0.39 is 9.05 Å². The first-order valence-electron chi connectivity index (χ1n) is 5.02. The van der Waals surface area contributed by atoms with E-state index in [2.05, 4.69) is 37.2 Å². The van der Waals surface area contributed by atoms with Crippen LogP contribution >= 0.6 is 42.5 Å². The van der Waals surface area contributed by atoms with Crippen LogP contribution in [0.15, 0.2) is 26.0 Å². The lowest BCUT2D eigenvalue weighted by Gasteiger charge is -2.11. The van der Waals surface area contributed by atoms with E-state index in [0.29, 0.717) is 14.7 Å². The zero-order valence-electron chi connectivity index (χ0n) is 9.74. The highest BCUT2D eigenvalue weighted by Gasteiger charge is 2.16. The fourth-order valence-electron chi connectivity index (χ4n) is 1.19. The smallest absolute Gasteiger partial charge is 0.261 e. The Labute approximate surface area is 132 Å². The summed E-state index contributed by atoms with van der Waals surface area (Å²) in [4.78, 5) is 11.0. The molecule has 5 nitrogen and oxygen atoms in total. The molecule has 0 fully saturated rings. The van der Waals surface area contributed by atoms with Crippen molar-refractivity contribution < 1.29 is 17.9 Å². The van der Waals surface area contributed by atoms with Crippen molar-refractivity contribution in [3.63, 3.8) is 0 Å². The first-order valence-corrected chi connectivity index (χ1v) is 8.92. The maximum atomic E-state index is 11.2. The highest BCUT2D eigenvalue weighted by atomic mass is 79.9. The number of amides is 1. The second-order valence-corrected chi connectivity index (χ2v) is 7.70. The standard InChI is InChI=1S/C10H10Br2ClNO4S/c1-14-9(15)2-3-18-10-7(11)4-6(5-8(10)12)19(13,16)17/h4-5H,2-3H2,1H3,(H,14,15). The third kappa shape index (κ3) is 4.94. The van der Waals surface area contributed by atoms with Crippen LogP contribution in [-0.2, 0) is 13.8 Å². The number of ether oxygens (including phenoxy) is 1. The van der Waals surface area contributed by atoms with Crippen molar-refractivity contribution in [2.24, 2.45) is 0 Å². The molecule has 1 amide bonds. The van der Waals surface area contributed by atoms with Crippen LogP contribution in [0.5, 0.6) is 5.75 Å². The summed E-state index contributed by atoms with van der Waals surface area (Å²) in [5, 5.41) is 2.47. The molecule has 0 heterocycles. The summed E-state index contributed by atoms with van der Waals surface area (Å²) in [6.07, 6.45) is 0.199. The molecule has 0 bridgehead atoms. The van der Waals surface area contributed by atoms with Gasteiger partial charge in [-0.2, -0.15) is 0 Å². The highest BCUT2D eigenvalue weighted by Crippen LogP contribution is 2.36. The molecule has 0 unspecified atom stereocenters. The molecule has 0 saturated heterocycles. The van der Waals surface area contributed by atoms with Crippen LogP contribution in [0.4, 0.5) is 0 Å². The van der Waals surface area contributed by atoms with Crippen LogP contribution in [0.25, 0.3) is 0 Å². The number of rotatable bonds is 5. The molecule has 0 radical (unpaired) electrons. The minimum Gasteiger partial charge on any atom is -0.491 e. The van der Waals surface area contributed by atoms with Gasteiger partial charge in [0.25, 0.3) is 9.05 Å². The lowest BCUT2D eigenvalue weighted by atomic mass is 10.3. The molecule has 9 heteroatoms. The van der Waals surface area contributed by atoms with Crippen molar-refractivity contribution in [1.29, 1.82) is 0 Å². The minimum absolute atomic E-state index is 0.0495. The highest BCUT2D eigenvalue weighted by molar-refractivity contribution is 9.11. The maximum Gasteiger partial charge on any atom is 0.261 e. The molecule has 0 aliphatic rings. The third-order valence-electron chi connectivity index (χ3n) is 2.11. The van der Waals surface area contributed by atoms with E-state index in [9.17, 15) is 13.2 Å². The Kier molecular flexibility index (Phi) is 6.10. The van der Waals surface area contributed by atoms with Gasteiger partial charge in [0.15, 0.2) is 0 Å². The first-order chi connectivity index (χ1) is 8.75. The van der Waals surface area contributed by atoms with Gasteiger partial charge in [0, 0.05) is 17.7 Å². The van der Waals surface area contributed by atoms with Gasteiger partial charge in [-0.15, -0.1) is 0 Å². The monoisotopic (exact) mass is 433 g/mol. The molecule has 19 heavy (non-hydrogen) atoms. The molecule has 106 valence electrons. The van der Waals surface area contributed by atoms with Crippen molar-refractivity contribution in [1.82, 2.24) is 5.32 Å². The Morgan fingerprint density at radius 1 is 1.37 bits per heavy atom. The first kappa shape index (κ1) is 16.7. The van der Waals surface area contributed by atoms with E-state index in [-0.39, 0.29) is 23.8 Å². The van der Waals surface area contributed by atoms with Gasteiger partial charge in [-0.3, -0.25) is 4.79 Å². The quantitative estimate of drug-likeness (QED) is 0.722. The molecular weight excluding hydrogens is 425 g/mol. The molecule has 0 aliphatic carbocycles. The predicted octanol–water partition coefficient (Wildman–Crippen LogP) is 2.65. The fraction of sp³-hybridized carbons (Fsp3) is 0.300. The summed E-state index contributed by atoms with van der Waals surface area (Å²) in [5.41, 5.74) is 0. The average Bonchev–Trinajstić information content (AvgIpc) is 2.30. The Balaban J connectivity index is 2.89. The van der Waals surface area contributed by atoms with E-state index >= 15 is 0 Å². The molecule has 0 aromatic heterocycles. The van der Waals surface area contributed by atoms with Crippen molar-refractivity contribution in [3.8, 4) is 5.75 Å². The Morgan fingerprint density at radius 3 is 2.32 bits per heavy atom. The van der Waals surface area contributed by atoms with Crippen molar-refractivity contribution >= 4 is 57.5 Å². The maximum absolute atomic E-state index is 11.2. The summed E-state index contributed by atoms with van der Waals surface area (Å²) in [7, 11) is 2.98. The van der Waals surface area contributed by atoms with Gasteiger partial charge in [0.2, 0.25) is 5.91 Å². The van der Waals surface area contributed by atoms with E-state index in [4.69, 9.17) is 15.4 Å². The molecule has 1 N–H and O–H groups in total. The van der Waals surface area contributed by atoms with Gasteiger partial charge in [-0.1, -0.05) is 0 Å². The normalized spacial score (nSPS) is 11.2. The van der Waals surface area contributed by atoms with Crippen LogP contribution < -0.4 is 10.1 Å². The topological polar surface area (TPSA) is 72.5 Å². The predicted molar refractivity (Wildman–Crippen MR) is 79.1 cm³/mol. The number of carbonyl (C=O) groups excluding carboxylic acids is 1.